The van der Waals surface area contributed by atoms with Crippen LogP contribution in [-0.4, -0.2) is 25.8 Å². The minimum Gasteiger partial charge on any atom is -0.377 e. The summed E-state index contributed by atoms with van der Waals surface area (Å²) in [7, 11) is 3.82. The molecule has 0 bridgehead atoms. The quantitative estimate of drug-likeness (QED) is 0.843. The van der Waals surface area contributed by atoms with E-state index in [9.17, 15) is 0 Å². The number of hydrogen-bond acceptors (Lipinski definition) is 2. The Balaban J connectivity index is 2.22. The smallest absolute Gasteiger partial charge is 0.0834 e. The SMILES string of the molecule is CNC(Cc1c(Cl)cccc1Cl)C1(OC)CCC(C)CC1. The molecule has 1 aromatic carbocycles. The van der Waals surface area contributed by atoms with Crippen molar-refractivity contribution in [3.63, 3.8) is 0 Å². The fourth-order valence-corrected chi connectivity index (χ4v) is 3.98. The van der Waals surface area contributed by atoms with Crippen LogP contribution in [0, 0.1) is 5.92 Å². The first-order valence-electron chi connectivity index (χ1n) is 7.67. The van der Waals surface area contributed by atoms with E-state index >= 15 is 0 Å². The van der Waals surface area contributed by atoms with Gasteiger partial charge in [-0.25, -0.2) is 0 Å². The minimum absolute atomic E-state index is 0.121. The largest absolute Gasteiger partial charge is 0.377 e. The highest BCUT2D eigenvalue weighted by Gasteiger charge is 2.41. The number of ether oxygens (including phenoxy) is 1. The summed E-state index contributed by atoms with van der Waals surface area (Å²) in [6, 6.07) is 5.90. The van der Waals surface area contributed by atoms with Crippen molar-refractivity contribution < 1.29 is 4.74 Å². The third-order valence-electron chi connectivity index (χ3n) is 4.98. The van der Waals surface area contributed by atoms with Crippen molar-refractivity contribution in [1.82, 2.24) is 5.32 Å². The monoisotopic (exact) mass is 329 g/mol. The van der Waals surface area contributed by atoms with Gasteiger partial charge in [0.15, 0.2) is 0 Å². The van der Waals surface area contributed by atoms with Crippen molar-refractivity contribution in [2.45, 2.75) is 50.7 Å². The molecular formula is C17H25Cl2NO. The van der Waals surface area contributed by atoms with E-state index in [4.69, 9.17) is 27.9 Å². The number of rotatable bonds is 5. The van der Waals surface area contributed by atoms with Crippen molar-refractivity contribution >= 4 is 23.2 Å². The number of benzene rings is 1. The van der Waals surface area contributed by atoms with E-state index in [0.29, 0.717) is 0 Å². The number of nitrogens with one attached hydrogen (secondary N) is 1. The molecule has 2 rings (SSSR count). The first-order chi connectivity index (χ1) is 10.0. The molecule has 21 heavy (non-hydrogen) atoms. The van der Waals surface area contributed by atoms with Gasteiger partial charge in [-0.2, -0.15) is 0 Å². The Kier molecular flexibility index (Phi) is 5.96. The molecule has 2 nitrogen and oxygen atoms in total. The lowest BCUT2D eigenvalue weighted by Gasteiger charge is -2.44. The maximum Gasteiger partial charge on any atom is 0.0834 e. The van der Waals surface area contributed by atoms with Gasteiger partial charge in [0.2, 0.25) is 0 Å². The lowest BCUT2D eigenvalue weighted by Crippen LogP contribution is -2.54. The molecule has 0 aromatic heterocycles. The van der Waals surface area contributed by atoms with Crippen LogP contribution in [-0.2, 0) is 11.2 Å². The molecular weight excluding hydrogens is 305 g/mol. The van der Waals surface area contributed by atoms with Crippen LogP contribution >= 0.6 is 23.2 Å². The molecule has 0 amide bonds. The van der Waals surface area contributed by atoms with Crippen LogP contribution in [0.3, 0.4) is 0 Å². The molecule has 4 heteroatoms. The predicted molar refractivity (Wildman–Crippen MR) is 90.4 cm³/mol. The van der Waals surface area contributed by atoms with Crippen LogP contribution in [0.1, 0.15) is 38.2 Å². The fraction of sp³-hybridized carbons (Fsp3) is 0.647. The first kappa shape index (κ1) is 17.1. The molecule has 1 aliphatic carbocycles. The highest BCUT2D eigenvalue weighted by molar-refractivity contribution is 6.36. The molecule has 1 fully saturated rings. The zero-order valence-corrected chi connectivity index (χ0v) is 14.6. The van der Waals surface area contributed by atoms with E-state index < -0.39 is 0 Å². The summed E-state index contributed by atoms with van der Waals surface area (Å²) in [6.45, 7) is 2.32. The summed E-state index contributed by atoms with van der Waals surface area (Å²) in [5.41, 5.74) is 0.888. The van der Waals surface area contributed by atoms with Crippen molar-refractivity contribution in [3.8, 4) is 0 Å². The van der Waals surface area contributed by atoms with Gasteiger partial charge in [-0.15, -0.1) is 0 Å². The Labute approximate surface area is 138 Å². The second-order valence-corrected chi connectivity index (χ2v) is 7.01. The van der Waals surface area contributed by atoms with Gasteiger partial charge in [-0.05, 0) is 62.8 Å². The molecule has 0 aliphatic heterocycles. The summed E-state index contributed by atoms with van der Waals surface area (Å²) >= 11 is 12.7. The van der Waals surface area contributed by atoms with Crippen LogP contribution in [0.4, 0.5) is 0 Å². The van der Waals surface area contributed by atoms with Crippen LogP contribution in [0.15, 0.2) is 18.2 Å². The van der Waals surface area contributed by atoms with Gasteiger partial charge in [-0.3, -0.25) is 0 Å². The average molecular weight is 330 g/mol. The van der Waals surface area contributed by atoms with Gasteiger partial charge in [0.1, 0.15) is 0 Å². The maximum absolute atomic E-state index is 6.33. The summed E-state index contributed by atoms with van der Waals surface area (Å²) in [4.78, 5) is 0. The Morgan fingerprint density at radius 1 is 1.29 bits per heavy atom. The summed E-state index contributed by atoms with van der Waals surface area (Å²) in [5.74, 6) is 0.787. The maximum atomic E-state index is 6.33. The van der Waals surface area contributed by atoms with Gasteiger partial charge >= 0.3 is 0 Å². The standard InChI is InChI=1S/C17H25Cl2NO/c1-12-7-9-17(21-3,10-8-12)16(20-2)11-13-14(18)5-4-6-15(13)19/h4-6,12,16,20H,7-11H2,1-3H3. The average Bonchev–Trinajstić information content (AvgIpc) is 2.49. The molecule has 1 atom stereocenters. The zero-order chi connectivity index (χ0) is 15.5. The Bertz CT molecular complexity index is 450. The van der Waals surface area contributed by atoms with Crippen molar-refractivity contribution in [2.75, 3.05) is 14.2 Å². The lowest BCUT2D eigenvalue weighted by molar-refractivity contribution is -0.0730. The fourth-order valence-electron chi connectivity index (χ4n) is 3.43. The topological polar surface area (TPSA) is 21.3 Å². The molecule has 118 valence electrons. The Hall–Kier alpha value is -0.280. The summed E-state index contributed by atoms with van der Waals surface area (Å²) < 4.78 is 5.98. The Morgan fingerprint density at radius 3 is 2.33 bits per heavy atom. The molecule has 0 radical (unpaired) electrons. The number of halogens is 2. The minimum atomic E-state index is -0.121. The normalized spacial score (nSPS) is 27.6. The molecule has 1 aromatic rings. The third-order valence-corrected chi connectivity index (χ3v) is 5.69. The second kappa shape index (κ2) is 7.32. The van der Waals surface area contributed by atoms with Gasteiger partial charge in [0.25, 0.3) is 0 Å². The molecule has 0 saturated heterocycles. The number of methoxy groups -OCH3 is 1. The summed E-state index contributed by atoms with van der Waals surface area (Å²) in [6.07, 6.45) is 5.37. The van der Waals surface area contributed by atoms with Crippen molar-refractivity contribution in [2.24, 2.45) is 5.92 Å². The van der Waals surface area contributed by atoms with Crippen LogP contribution in [0.2, 0.25) is 10.0 Å². The third kappa shape index (κ3) is 3.73. The lowest BCUT2D eigenvalue weighted by atomic mass is 9.74. The van der Waals surface area contributed by atoms with E-state index in [2.05, 4.69) is 12.2 Å². The van der Waals surface area contributed by atoms with Crippen molar-refractivity contribution in [3.05, 3.63) is 33.8 Å². The van der Waals surface area contributed by atoms with Crippen LogP contribution in [0.25, 0.3) is 0 Å². The van der Waals surface area contributed by atoms with Gasteiger partial charge in [0, 0.05) is 23.2 Å². The van der Waals surface area contributed by atoms with E-state index in [1.807, 2.05) is 32.4 Å². The molecule has 1 N–H and O–H groups in total. The van der Waals surface area contributed by atoms with E-state index in [0.717, 1.165) is 40.8 Å². The van der Waals surface area contributed by atoms with E-state index in [1.165, 1.54) is 12.8 Å². The zero-order valence-electron chi connectivity index (χ0n) is 13.1. The molecule has 0 spiro atoms. The molecule has 1 aliphatic rings. The number of hydrogen-bond donors (Lipinski definition) is 1. The second-order valence-electron chi connectivity index (χ2n) is 6.20. The molecule has 1 unspecified atom stereocenters. The van der Waals surface area contributed by atoms with E-state index in [1.54, 1.807) is 0 Å². The van der Waals surface area contributed by atoms with Gasteiger partial charge in [-0.1, -0.05) is 36.2 Å². The predicted octanol–water partition coefficient (Wildman–Crippen LogP) is 4.72. The van der Waals surface area contributed by atoms with Crippen LogP contribution in [0.5, 0.6) is 0 Å². The number of likely N-dealkylation sites (N-methyl/N-ethyl adjacent to an activating group) is 1. The van der Waals surface area contributed by atoms with E-state index in [-0.39, 0.29) is 11.6 Å². The summed E-state index contributed by atoms with van der Waals surface area (Å²) in [5, 5.41) is 4.91. The van der Waals surface area contributed by atoms with Crippen LogP contribution < -0.4 is 5.32 Å². The highest BCUT2D eigenvalue weighted by Crippen LogP contribution is 2.39. The van der Waals surface area contributed by atoms with Gasteiger partial charge < -0.3 is 10.1 Å². The first-order valence-corrected chi connectivity index (χ1v) is 8.43. The van der Waals surface area contributed by atoms with Crippen molar-refractivity contribution in [1.29, 1.82) is 0 Å². The highest BCUT2D eigenvalue weighted by atomic mass is 35.5. The molecule has 1 saturated carbocycles. The van der Waals surface area contributed by atoms with Gasteiger partial charge in [0.05, 0.1) is 5.60 Å². The molecule has 0 heterocycles. The Morgan fingerprint density at radius 2 is 1.86 bits per heavy atom.